The first-order valence-electron chi connectivity index (χ1n) is 9.32. The molecule has 2 aliphatic heterocycles. The standard InChI is InChI=1S/C18H27N5OS/c1-12(11-22-7-5-4-6-8-22)16-19-20-17-23(16)21-13-9-18(2,3)10-14(24)15(13)25-17/h12,21H,4-11H2,1-3H3. The molecule has 136 valence electrons. The molecule has 0 amide bonds. The molecule has 1 unspecified atom stereocenters. The maximum absolute atomic E-state index is 12.5. The number of rotatable bonds is 3. The SMILES string of the molecule is CC(CN1CCCCC1)c1nnc2n1NC1=C(S2)C(=O)CC(C)(C)C1. The highest BCUT2D eigenvalue weighted by Gasteiger charge is 2.37. The van der Waals surface area contributed by atoms with Crippen molar-refractivity contribution in [2.24, 2.45) is 5.41 Å². The van der Waals surface area contributed by atoms with Crippen molar-refractivity contribution in [2.45, 2.75) is 63.9 Å². The van der Waals surface area contributed by atoms with Gasteiger partial charge >= 0.3 is 0 Å². The Morgan fingerprint density at radius 1 is 1.20 bits per heavy atom. The van der Waals surface area contributed by atoms with E-state index < -0.39 is 0 Å². The summed E-state index contributed by atoms with van der Waals surface area (Å²) in [5.41, 5.74) is 4.50. The molecule has 4 rings (SSSR count). The van der Waals surface area contributed by atoms with Gasteiger partial charge in [-0.3, -0.25) is 10.2 Å². The topological polar surface area (TPSA) is 63.1 Å². The van der Waals surface area contributed by atoms with Crippen LogP contribution in [0.3, 0.4) is 0 Å². The van der Waals surface area contributed by atoms with Crippen LogP contribution in [0.5, 0.6) is 0 Å². The van der Waals surface area contributed by atoms with Gasteiger partial charge in [0.25, 0.3) is 0 Å². The van der Waals surface area contributed by atoms with Crippen molar-refractivity contribution in [2.75, 3.05) is 25.1 Å². The summed E-state index contributed by atoms with van der Waals surface area (Å²) in [6, 6.07) is 0. The fourth-order valence-corrected chi connectivity index (χ4v) is 5.04. The molecule has 1 aliphatic carbocycles. The van der Waals surface area contributed by atoms with E-state index >= 15 is 0 Å². The number of nitrogens with zero attached hydrogens (tertiary/aromatic N) is 4. The number of carbonyl (C=O) groups is 1. The first-order valence-corrected chi connectivity index (χ1v) is 10.1. The van der Waals surface area contributed by atoms with Crippen molar-refractivity contribution in [1.29, 1.82) is 0 Å². The summed E-state index contributed by atoms with van der Waals surface area (Å²) in [5, 5.41) is 9.57. The number of Topliss-reactive ketones (excluding diaryl/α,β-unsaturated/α-hetero) is 1. The van der Waals surface area contributed by atoms with E-state index in [4.69, 9.17) is 0 Å². The summed E-state index contributed by atoms with van der Waals surface area (Å²) in [6.45, 7) is 9.92. The lowest BCUT2D eigenvalue weighted by Gasteiger charge is -2.35. The van der Waals surface area contributed by atoms with Gasteiger partial charge in [0, 0.05) is 18.9 Å². The van der Waals surface area contributed by atoms with E-state index in [0.29, 0.717) is 12.3 Å². The Morgan fingerprint density at radius 2 is 1.96 bits per heavy atom. The molecule has 1 saturated heterocycles. The molecule has 1 aromatic rings. The van der Waals surface area contributed by atoms with Gasteiger partial charge in [-0.15, -0.1) is 10.2 Å². The summed E-state index contributed by atoms with van der Waals surface area (Å²) >= 11 is 1.48. The van der Waals surface area contributed by atoms with E-state index in [0.717, 1.165) is 34.5 Å². The van der Waals surface area contributed by atoms with E-state index in [1.807, 2.05) is 4.68 Å². The second-order valence-corrected chi connectivity index (χ2v) is 9.38. The minimum atomic E-state index is 0.00850. The van der Waals surface area contributed by atoms with Crippen LogP contribution in [-0.4, -0.2) is 45.2 Å². The van der Waals surface area contributed by atoms with Gasteiger partial charge in [0.05, 0.1) is 10.6 Å². The van der Waals surface area contributed by atoms with E-state index in [1.165, 1.54) is 44.1 Å². The molecule has 1 atom stereocenters. The summed E-state index contributed by atoms with van der Waals surface area (Å²) in [6.07, 6.45) is 5.44. The number of hydrogen-bond acceptors (Lipinski definition) is 6. The monoisotopic (exact) mass is 361 g/mol. The van der Waals surface area contributed by atoms with Crippen molar-refractivity contribution in [3.63, 3.8) is 0 Å². The fourth-order valence-electron chi connectivity index (χ4n) is 4.12. The Balaban J connectivity index is 1.54. The van der Waals surface area contributed by atoms with Gasteiger partial charge in [0.15, 0.2) is 11.6 Å². The largest absolute Gasteiger partial charge is 0.303 e. The predicted molar refractivity (Wildman–Crippen MR) is 99.0 cm³/mol. The molecule has 0 spiro atoms. The van der Waals surface area contributed by atoms with Crippen molar-refractivity contribution in [3.8, 4) is 0 Å². The first kappa shape index (κ1) is 17.1. The molecule has 1 N–H and O–H groups in total. The Hall–Kier alpha value is -1.34. The highest BCUT2D eigenvalue weighted by Crippen LogP contribution is 2.44. The molecule has 0 aromatic carbocycles. The average Bonchev–Trinajstić information content (AvgIpc) is 2.96. The van der Waals surface area contributed by atoms with Gasteiger partial charge in [0.2, 0.25) is 5.16 Å². The van der Waals surface area contributed by atoms with Crippen LogP contribution in [0.1, 0.15) is 64.6 Å². The third-order valence-electron chi connectivity index (χ3n) is 5.34. The molecule has 7 heteroatoms. The number of thioether (sulfide) groups is 1. The normalized spacial score (nSPS) is 24.5. The molecular weight excluding hydrogens is 334 g/mol. The Labute approximate surface area is 153 Å². The number of hydrogen-bond donors (Lipinski definition) is 1. The maximum atomic E-state index is 12.5. The zero-order chi connectivity index (χ0) is 17.6. The van der Waals surface area contributed by atoms with Gasteiger partial charge in [-0.2, -0.15) is 0 Å². The predicted octanol–water partition coefficient (Wildman–Crippen LogP) is 3.12. The second-order valence-electron chi connectivity index (χ2n) is 8.40. The van der Waals surface area contributed by atoms with Crippen LogP contribution in [0.25, 0.3) is 0 Å². The molecule has 3 aliphatic rings. The van der Waals surface area contributed by atoms with Gasteiger partial charge in [-0.25, -0.2) is 4.68 Å². The highest BCUT2D eigenvalue weighted by atomic mass is 32.2. The summed E-state index contributed by atoms with van der Waals surface area (Å²) in [4.78, 5) is 15.8. The Morgan fingerprint density at radius 3 is 2.72 bits per heavy atom. The molecule has 0 saturated carbocycles. The number of allylic oxidation sites excluding steroid dienone is 2. The van der Waals surface area contributed by atoms with Crippen molar-refractivity contribution in [1.82, 2.24) is 19.8 Å². The van der Waals surface area contributed by atoms with Crippen LogP contribution in [0.2, 0.25) is 0 Å². The molecule has 25 heavy (non-hydrogen) atoms. The highest BCUT2D eigenvalue weighted by molar-refractivity contribution is 8.04. The van der Waals surface area contributed by atoms with Gasteiger partial charge in [0.1, 0.15) is 0 Å². The summed E-state index contributed by atoms with van der Waals surface area (Å²) < 4.78 is 2.01. The van der Waals surface area contributed by atoms with Crippen LogP contribution in [-0.2, 0) is 4.79 Å². The number of aromatic nitrogens is 3. The summed E-state index contributed by atoms with van der Waals surface area (Å²) in [7, 11) is 0. The quantitative estimate of drug-likeness (QED) is 0.892. The average molecular weight is 362 g/mol. The van der Waals surface area contributed by atoms with E-state index in [1.54, 1.807) is 0 Å². The molecule has 1 fully saturated rings. The third-order valence-corrected chi connectivity index (χ3v) is 6.47. The van der Waals surface area contributed by atoms with E-state index in [-0.39, 0.29) is 11.2 Å². The van der Waals surface area contributed by atoms with E-state index in [2.05, 4.69) is 41.3 Å². The van der Waals surface area contributed by atoms with Gasteiger partial charge < -0.3 is 4.90 Å². The number of ketones is 1. The third kappa shape index (κ3) is 3.36. The van der Waals surface area contributed by atoms with Crippen LogP contribution >= 0.6 is 11.8 Å². The van der Waals surface area contributed by atoms with Crippen LogP contribution in [0.4, 0.5) is 0 Å². The number of carbonyl (C=O) groups excluding carboxylic acids is 1. The van der Waals surface area contributed by atoms with E-state index in [9.17, 15) is 4.79 Å². The van der Waals surface area contributed by atoms with Crippen LogP contribution in [0, 0.1) is 5.41 Å². The minimum Gasteiger partial charge on any atom is -0.303 e. The minimum absolute atomic E-state index is 0.00850. The van der Waals surface area contributed by atoms with Crippen LogP contribution in [0.15, 0.2) is 15.8 Å². The van der Waals surface area contributed by atoms with Crippen molar-refractivity contribution >= 4 is 17.5 Å². The second kappa shape index (κ2) is 6.43. The van der Waals surface area contributed by atoms with Crippen molar-refractivity contribution < 1.29 is 4.79 Å². The first-order chi connectivity index (χ1) is 11.9. The molecular formula is C18H27N5OS. The number of piperidine rings is 1. The Kier molecular flexibility index (Phi) is 4.40. The molecule has 6 nitrogen and oxygen atoms in total. The molecule has 0 bridgehead atoms. The maximum Gasteiger partial charge on any atom is 0.215 e. The fraction of sp³-hybridized carbons (Fsp3) is 0.722. The zero-order valence-electron chi connectivity index (χ0n) is 15.3. The lowest BCUT2D eigenvalue weighted by atomic mass is 9.79. The van der Waals surface area contributed by atoms with Crippen LogP contribution < -0.4 is 5.43 Å². The number of likely N-dealkylation sites (tertiary alicyclic amines) is 1. The number of fused-ring (bicyclic) bond motifs is 1. The molecule has 3 heterocycles. The lowest BCUT2D eigenvalue weighted by molar-refractivity contribution is -0.117. The summed E-state index contributed by atoms with van der Waals surface area (Å²) in [5.74, 6) is 1.50. The molecule has 1 aromatic heterocycles. The molecule has 0 radical (unpaired) electrons. The van der Waals surface area contributed by atoms with Crippen molar-refractivity contribution in [3.05, 3.63) is 16.4 Å². The Bertz CT molecular complexity index is 717. The zero-order valence-corrected chi connectivity index (χ0v) is 16.2. The van der Waals surface area contributed by atoms with Gasteiger partial charge in [-0.1, -0.05) is 27.2 Å². The number of nitrogens with one attached hydrogen (secondary N) is 1. The lowest BCUT2D eigenvalue weighted by Crippen LogP contribution is -2.36. The van der Waals surface area contributed by atoms with Gasteiger partial charge in [-0.05, 0) is 49.5 Å². The smallest absolute Gasteiger partial charge is 0.215 e.